The van der Waals surface area contributed by atoms with Crippen molar-refractivity contribution < 1.29 is 35.7 Å². The van der Waals surface area contributed by atoms with Gasteiger partial charge < -0.3 is 35.7 Å². The van der Waals surface area contributed by atoms with E-state index in [1.54, 1.807) is 0 Å². The second-order valence-corrected chi connectivity index (χ2v) is 16.0. The van der Waals surface area contributed by atoms with Gasteiger partial charge in [0.2, 0.25) is 0 Å². The van der Waals surface area contributed by atoms with Gasteiger partial charge in [0.1, 0.15) is 19.6 Å². The van der Waals surface area contributed by atoms with Crippen LogP contribution in [0.5, 0.6) is 0 Å². The van der Waals surface area contributed by atoms with Crippen LogP contribution >= 0.6 is 0 Å². The SMILES string of the molecule is CCCCCCCCCCOCC[N+](CCCCCCCCCC)(CCOCCCCCCCCCC)CCOCCCCCCCCCC.[Br-]. The van der Waals surface area contributed by atoms with Gasteiger partial charge in [0.25, 0.3) is 0 Å². The number of rotatable bonds is 45. The van der Waals surface area contributed by atoms with Crippen LogP contribution in [0.1, 0.15) is 233 Å². The molecule has 0 heterocycles. The Morgan fingerprint density at radius 1 is 0.235 bits per heavy atom. The zero-order valence-corrected chi connectivity index (χ0v) is 37.3. The molecule has 0 aromatic rings. The predicted molar refractivity (Wildman–Crippen MR) is 223 cm³/mol. The molecule has 4 nitrogen and oxygen atoms in total. The third-order valence-electron chi connectivity index (χ3n) is 11.0. The van der Waals surface area contributed by atoms with Crippen molar-refractivity contribution in [3.8, 4) is 0 Å². The first kappa shape index (κ1) is 53.4. The van der Waals surface area contributed by atoms with Crippen LogP contribution in [0.3, 0.4) is 0 Å². The average molecular weight is 791 g/mol. The molecule has 51 heavy (non-hydrogen) atoms. The number of hydrogen-bond donors (Lipinski definition) is 0. The Morgan fingerprint density at radius 3 is 0.706 bits per heavy atom. The zero-order valence-electron chi connectivity index (χ0n) is 35.7. The Kier molecular flexibility index (Phi) is 48.7. The van der Waals surface area contributed by atoms with Gasteiger partial charge in [0.05, 0.1) is 26.4 Å². The second kappa shape index (κ2) is 46.5. The van der Waals surface area contributed by atoms with E-state index >= 15 is 0 Å². The zero-order chi connectivity index (χ0) is 36.3. The van der Waals surface area contributed by atoms with Crippen molar-refractivity contribution in [1.29, 1.82) is 0 Å². The molecular formula is C46H96BrNO3. The number of halogens is 1. The number of hydrogen-bond acceptors (Lipinski definition) is 3. The molecule has 0 unspecified atom stereocenters. The summed E-state index contributed by atoms with van der Waals surface area (Å²) in [5, 5.41) is 0. The molecule has 0 aliphatic heterocycles. The summed E-state index contributed by atoms with van der Waals surface area (Å²) in [6.07, 6.45) is 43.7. The quantitative estimate of drug-likeness (QED) is 0.0454. The fraction of sp³-hybridized carbons (Fsp3) is 1.00. The first-order valence-corrected chi connectivity index (χ1v) is 23.3. The molecule has 0 spiro atoms. The van der Waals surface area contributed by atoms with Crippen molar-refractivity contribution in [3.05, 3.63) is 0 Å². The summed E-state index contributed by atoms with van der Waals surface area (Å²) in [6.45, 7) is 19.2. The Balaban J connectivity index is 0. The molecule has 0 aromatic heterocycles. The van der Waals surface area contributed by atoms with E-state index < -0.39 is 0 Å². The van der Waals surface area contributed by atoms with E-state index in [1.807, 2.05) is 0 Å². The van der Waals surface area contributed by atoms with Gasteiger partial charge in [-0.3, -0.25) is 0 Å². The maximum absolute atomic E-state index is 6.33. The predicted octanol–water partition coefficient (Wildman–Crippen LogP) is 11.4. The standard InChI is InChI=1S/C46H96NO3.BrH/c1-5-9-13-17-21-25-29-33-37-47(38-44-48-41-34-30-26-22-18-14-10-6-2,39-45-49-42-35-31-27-23-19-15-11-7-3)40-46-50-43-36-32-28-24-20-16-12-8-4;/h5-46H2,1-4H3;1H/q+1;/p-1. The first-order valence-electron chi connectivity index (χ1n) is 23.3. The fourth-order valence-corrected chi connectivity index (χ4v) is 7.35. The lowest BCUT2D eigenvalue weighted by molar-refractivity contribution is -0.929. The molecule has 0 radical (unpaired) electrons. The van der Waals surface area contributed by atoms with E-state index in [0.29, 0.717) is 0 Å². The summed E-state index contributed by atoms with van der Waals surface area (Å²) in [6, 6.07) is 0. The minimum absolute atomic E-state index is 0. The van der Waals surface area contributed by atoms with E-state index in [0.717, 1.165) is 63.8 Å². The van der Waals surface area contributed by atoms with Crippen molar-refractivity contribution >= 4 is 0 Å². The van der Waals surface area contributed by atoms with Crippen LogP contribution in [0.25, 0.3) is 0 Å². The van der Waals surface area contributed by atoms with Crippen LogP contribution in [0, 0.1) is 0 Å². The number of quaternary nitrogens is 1. The van der Waals surface area contributed by atoms with Crippen molar-refractivity contribution in [1.82, 2.24) is 0 Å². The Hall–Kier alpha value is 0.320. The van der Waals surface area contributed by atoms with Gasteiger partial charge in [-0.1, -0.05) is 201 Å². The lowest BCUT2D eigenvalue weighted by atomic mass is 10.1. The monoisotopic (exact) mass is 790 g/mol. The van der Waals surface area contributed by atoms with Crippen molar-refractivity contribution in [3.63, 3.8) is 0 Å². The first-order chi connectivity index (χ1) is 24.7. The minimum atomic E-state index is 0. The highest BCUT2D eigenvalue weighted by Gasteiger charge is 2.27. The Morgan fingerprint density at radius 2 is 0.451 bits per heavy atom. The minimum Gasteiger partial charge on any atom is -1.00 e. The molecule has 0 aliphatic carbocycles. The van der Waals surface area contributed by atoms with Gasteiger partial charge in [-0.2, -0.15) is 0 Å². The van der Waals surface area contributed by atoms with E-state index in [4.69, 9.17) is 14.2 Å². The van der Waals surface area contributed by atoms with Gasteiger partial charge in [-0.25, -0.2) is 0 Å². The summed E-state index contributed by atoms with van der Waals surface area (Å²) in [4.78, 5) is 0. The maximum atomic E-state index is 6.33. The van der Waals surface area contributed by atoms with Gasteiger partial charge in [0, 0.05) is 19.8 Å². The van der Waals surface area contributed by atoms with Crippen LogP contribution in [-0.2, 0) is 14.2 Å². The molecule has 5 heteroatoms. The lowest BCUT2D eigenvalue weighted by Gasteiger charge is -2.39. The lowest BCUT2D eigenvalue weighted by Crippen LogP contribution is -3.00. The average Bonchev–Trinajstić information content (AvgIpc) is 3.13. The molecule has 0 fully saturated rings. The molecule has 0 saturated carbocycles. The fourth-order valence-electron chi connectivity index (χ4n) is 7.35. The van der Waals surface area contributed by atoms with Crippen LogP contribution in [-0.4, -0.2) is 70.3 Å². The topological polar surface area (TPSA) is 27.7 Å². The third-order valence-corrected chi connectivity index (χ3v) is 11.0. The van der Waals surface area contributed by atoms with Crippen LogP contribution in [0.15, 0.2) is 0 Å². The summed E-state index contributed by atoms with van der Waals surface area (Å²) in [5.74, 6) is 0. The molecule has 0 bridgehead atoms. The largest absolute Gasteiger partial charge is 1.00 e. The maximum Gasteiger partial charge on any atom is 0.103 e. The number of ether oxygens (including phenoxy) is 3. The summed E-state index contributed by atoms with van der Waals surface area (Å²) < 4.78 is 20.1. The highest BCUT2D eigenvalue weighted by atomic mass is 79.9. The molecule has 310 valence electrons. The number of unbranched alkanes of at least 4 members (excludes halogenated alkanes) is 28. The van der Waals surface area contributed by atoms with E-state index in [2.05, 4.69) is 27.7 Å². The molecule has 0 atom stereocenters. The molecular weight excluding hydrogens is 694 g/mol. The van der Waals surface area contributed by atoms with Gasteiger partial charge >= 0.3 is 0 Å². The van der Waals surface area contributed by atoms with Gasteiger partial charge in [0.15, 0.2) is 0 Å². The normalized spacial score (nSPS) is 11.8. The molecule has 0 saturated heterocycles. The van der Waals surface area contributed by atoms with E-state index in [-0.39, 0.29) is 17.0 Å². The molecule has 0 aromatic carbocycles. The smallest absolute Gasteiger partial charge is 0.103 e. The number of nitrogens with zero attached hydrogens (tertiary/aromatic N) is 1. The van der Waals surface area contributed by atoms with Crippen LogP contribution in [0.4, 0.5) is 0 Å². The van der Waals surface area contributed by atoms with Crippen molar-refractivity contribution in [2.75, 3.05) is 65.8 Å². The summed E-state index contributed by atoms with van der Waals surface area (Å²) >= 11 is 0. The highest BCUT2D eigenvalue weighted by Crippen LogP contribution is 2.16. The van der Waals surface area contributed by atoms with Crippen molar-refractivity contribution in [2.24, 2.45) is 0 Å². The van der Waals surface area contributed by atoms with Crippen LogP contribution in [0.2, 0.25) is 0 Å². The Bertz CT molecular complexity index is 542. The molecule has 0 amide bonds. The van der Waals surface area contributed by atoms with Crippen molar-refractivity contribution in [2.45, 2.75) is 233 Å². The summed E-state index contributed by atoms with van der Waals surface area (Å²) in [7, 11) is 0. The van der Waals surface area contributed by atoms with Crippen LogP contribution < -0.4 is 17.0 Å². The highest BCUT2D eigenvalue weighted by molar-refractivity contribution is 4.54. The third kappa shape index (κ3) is 41.3. The molecule has 0 N–H and O–H groups in total. The van der Waals surface area contributed by atoms with Gasteiger partial charge in [-0.05, 0) is 32.1 Å². The van der Waals surface area contributed by atoms with E-state index in [9.17, 15) is 0 Å². The molecule has 0 rings (SSSR count). The van der Waals surface area contributed by atoms with Gasteiger partial charge in [-0.15, -0.1) is 0 Å². The van der Waals surface area contributed by atoms with E-state index in [1.165, 1.54) is 212 Å². The summed E-state index contributed by atoms with van der Waals surface area (Å²) in [5.41, 5.74) is 0. The Labute approximate surface area is 333 Å². The molecule has 0 aliphatic rings. The second-order valence-electron chi connectivity index (χ2n) is 16.0.